The highest BCUT2D eigenvalue weighted by Crippen LogP contribution is 2.36. The van der Waals surface area contributed by atoms with Crippen LogP contribution in [0.3, 0.4) is 0 Å². The van der Waals surface area contributed by atoms with Gasteiger partial charge in [-0.3, -0.25) is 4.79 Å². The molecule has 0 saturated heterocycles. The number of carbonyl (C=O) groups excluding carboxylic acids is 1. The Morgan fingerprint density at radius 1 is 1.59 bits per heavy atom. The van der Waals surface area contributed by atoms with Gasteiger partial charge in [0.1, 0.15) is 11.6 Å². The van der Waals surface area contributed by atoms with Crippen LogP contribution < -0.4 is 9.97 Å². The predicted octanol–water partition coefficient (Wildman–Crippen LogP) is 0.703. The zero-order valence-corrected chi connectivity index (χ0v) is 12.5. The molecular formula is C14H19BFNO5. The molecule has 1 aromatic carbocycles. The highest BCUT2D eigenvalue weighted by Gasteiger charge is 2.38. The van der Waals surface area contributed by atoms with Gasteiger partial charge in [0.05, 0.1) is 11.5 Å². The van der Waals surface area contributed by atoms with Gasteiger partial charge in [-0.05, 0) is 25.0 Å². The number of hydrogen-bond donors (Lipinski definition) is 3. The smallest absolute Gasteiger partial charge is 0.534 e. The SMILES string of the molecule is CCOC(O)c1c(F)ccc2c1OB(O)[C@@H](NC(=O)CC)C2. The Labute approximate surface area is 128 Å². The number of aliphatic hydroxyl groups is 1. The highest BCUT2D eigenvalue weighted by atomic mass is 19.1. The minimum absolute atomic E-state index is 0.0652. The maximum atomic E-state index is 14.0. The Balaban J connectivity index is 2.30. The third-order valence-corrected chi connectivity index (χ3v) is 3.49. The van der Waals surface area contributed by atoms with E-state index in [0.717, 1.165) is 0 Å². The molecule has 1 aliphatic rings. The molecule has 0 saturated carbocycles. The van der Waals surface area contributed by atoms with Gasteiger partial charge in [-0.2, -0.15) is 0 Å². The summed E-state index contributed by atoms with van der Waals surface area (Å²) in [6.45, 7) is 3.57. The molecule has 0 aliphatic carbocycles. The number of halogens is 1. The van der Waals surface area contributed by atoms with Gasteiger partial charge >= 0.3 is 7.12 Å². The molecule has 8 heteroatoms. The zero-order chi connectivity index (χ0) is 16.3. The largest absolute Gasteiger partial charge is 0.547 e. The lowest BCUT2D eigenvalue weighted by molar-refractivity contribution is -0.121. The second kappa shape index (κ2) is 7.08. The highest BCUT2D eigenvalue weighted by molar-refractivity contribution is 6.46. The van der Waals surface area contributed by atoms with Crippen LogP contribution in [0, 0.1) is 5.82 Å². The van der Waals surface area contributed by atoms with Crippen molar-refractivity contribution in [3.8, 4) is 5.75 Å². The minimum Gasteiger partial charge on any atom is -0.534 e. The number of nitrogens with one attached hydrogen (secondary N) is 1. The van der Waals surface area contributed by atoms with Gasteiger partial charge in [0.15, 0.2) is 6.29 Å². The van der Waals surface area contributed by atoms with Crippen molar-refractivity contribution in [2.24, 2.45) is 0 Å². The summed E-state index contributed by atoms with van der Waals surface area (Å²) in [4.78, 5) is 11.5. The molecule has 0 fully saturated rings. The van der Waals surface area contributed by atoms with E-state index in [1.807, 2.05) is 0 Å². The van der Waals surface area contributed by atoms with Gasteiger partial charge in [-0.1, -0.05) is 13.0 Å². The molecule has 22 heavy (non-hydrogen) atoms. The number of carbonyl (C=O) groups is 1. The van der Waals surface area contributed by atoms with Crippen LogP contribution in [-0.4, -0.2) is 35.7 Å². The number of fused-ring (bicyclic) bond motifs is 1. The number of aliphatic hydroxyl groups excluding tert-OH is 1. The number of hydrogen-bond acceptors (Lipinski definition) is 5. The third-order valence-electron chi connectivity index (χ3n) is 3.49. The molecule has 6 nitrogen and oxygen atoms in total. The molecule has 120 valence electrons. The summed E-state index contributed by atoms with van der Waals surface area (Å²) < 4.78 is 24.3. The van der Waals surface area contributed by atoms with Crippen molar-refractivity contribution in [2.75, 3.05) is 6.61 Å². The fraction of sp³-hybridized carbons (Fsp3) is 0.500. The van der Waals surface area contributed by atoms with Crippen molar-refractivity contribution in [3.63, 3.8) is 0 Å². The monoisotopic (exact) mass is 311 g/mol. The van der Waals surface area contributed by atoms with Crippen LogP contribution in [0.4, 0.5) is 4.39 Å². The zero-order valence-electron chi connectivity index (χ0n) is 12.5. The van der Waals surface area contributed by atoms with E-state index in [0.29, 0.717) is 5.56 Å². The van der Waals surface area contributed by atoms with Gasteiger partial charge in [0.2, 0.25) is 5.91 Å². The van der Waals surface area contributed by atoms with E-state index in [4.69, 9.17) is 9.39 Å². The Hall–Kier alpha value is -1.64. The van der Waals surface area contributed by atoms with Crippen LogP contribution in [0.5, 0.6) is 5.75 Å². The molecule has 3 N–H and O–H groups in total. The normalized spacial score (nSPS) is 18.4. The molecule has 0 spiro atoms. The van der Waals surface area contributed by atoms with Gasteiger partial charge in [0.25, 0.3) is 0 Å². The van der Waals surface area contributed by atoms with Crippen molar-refractivity contribution in [3.05, 3.63) is 29.1 Å². The first-order chi connectivity index (χ1) is 10.5. The molecule has 1 heterocycles. The van der Waals surface area contributed by atoms with Crippen LogP contribution in [0.1, 0.15) is 37.7 Å². The van der Waals surface area contributed by atoms with E-state index in [-0.39, 0.29) is 36.7 Å². The van der Waals surface area contributed by atoms with Crippen molar-refractivity contribution in [2.45, 2.75) is 38.9 Å². The van der Waals surface area contributed by atoms with Crippen LogP contribution in [0.25, 0.3) is 0 Å². The van der Waals surface area contributed by atoms with Gasteiger partial charge in [0, 0.05) is 13.0 Å². The molecule has 1 aliphatic heterocycles. The molecule has 0 radical (unpaired) electrons. The molecule has 1 amide bonds. The summed E-state index contributed by atoms with van der Waals surface area (Å²) in [5.74, 6) is -1.45. The molecule has 1 unspecified atom stereocenters. The predicted molar refractivity (Wildman–Crippen MR) is 77.5 cm³/mol. The first kappa shape index (κ1) is 16.7. The topological polar surface area (TPSA) is 88.0 Å². The summed E-state index contributed by atoms with van der Waals surface area (Å²) in [7, 11) is -1.32. The Morgan fingerprint density at radius 2 is 2.32 bits per heavy atom. The summed E-state index contributed by atoms with van der Waals surface area (Å²) >= 11 is 0. The first-order valence-electron chi connectivity index (χ1n) is 7.22. The Kier molecular flexibility index (Phi) is 5.39. The van der Waals surface area contributed by atoms with Crippen LogP contribution in [-0.2, 0) is 16.0 Å². The summed E-state index contributed by atoms with van der Waals surface area (Å²) in [5.41, 5.74) is 0.445. The van der Waals surface area contributed by atoms with Gasteiger partial charge < -0.3 is 24.8 Å². The van der Waals surface area contributed by atoms with E-state index in [9.17, 15) is 19.3 Å². The number of ether oxygens (including phenoxy) is 1. The second-order valence-corrected chi connectivity index (χ2v) is 5.00. The number of amides is 1. The van der Waals surface area contributed by atoms with Crippen LogP contribution in [0.15, 0.2) is 12.1 Å². The number of rotatable bonds is 5. The average molecular weight is 311 g/mol. The quantitative estimate of drug-likeness (QED) is 0.550. The second-order valence-electron chi connectivity index (χ2n) is 5.00. The van der Waals surface area contributed by atoms with E-state index < -0.39 is 25.2 Å². The van der Waals surface area contributed by atoms with Crippen molar-refractivity contribution >= 4 is 13.0 Å². The lowest BCUT2D eigenvalue weighted by Crippen LogP contribution is -2.53. The fourth-order valence-electron chi connectivity index (χ4n) is 2.36. The molecule has 0 bridgehead atoms. The molecule has 2 atom stereocenters. The molecule has 2 rings (SSSR count). The standard InChI is InChI=1S/C14H19BFNO5/c1-3-11(18)17-10-7-8-5-6-9(16)12(14(19)21-4-2)13(8)22-15(10)20/h5-6,10,14,19-20H,3-4,7H2,1-2H3,(H,17,18)/t10-,14?/m0/s1. The number of benzene rings is 1. The minimum atomic E-state index is -1.48. The van der Waals surface area contributed by atoms with E-state index >= 15 is 0 Å². The average Bonchev–Trinajstić information content (AvgIpc) is 2.48. The third kappa shape index (κ3) is 3.40. The van der Waals surface area contributed by atoms with Gasteiger partial charge in [-0.15, -0.1) is 0 Å². The van der Waals surface area contributed by atoms with E-state index in [1.165, 1.54) is 12.1 Å². The van der Waals surface area contributed by atoms with Crippen molar-refractivity contribution < 1.29 is 28.7 Å². The Bertz CT molecular complexity index is 556. The fourth-order valence-corrected chi connectivity index (χ4v) is 2.36. The van der Waals surface area contributed by atoms with Crippen molar-refractivity contribution in [1.29, 1.82) is 0 Å². The summed E-state index contributed by atoms with van der Waals surface area (Å²) in [5, 5.41) is 22.6. The summed E-state index contributed by atoms with van der Waals surface area (Å²) in [6.07, 6.45) is -0.920. The Morgan fingerprint density at radius 3 is 2.95 bits per heavy atom. The van der Waals surface area contributed by atoms with E-state index in [1.54, 1.807) is 13.8 Å². The lowest BCUT2D eigenvalue weighted by Gasteiger charge is -2.30. The van der Waals surface area contributed by atoms with E-state index in [2.05, 4.69) is 5.32 Å². The molecular weight excluding hydrogens is 292 g/mol. The van der Waals surface area contributed by atoms with Crippen molar-refractivity contribution in [1.82, 2.24) is 5.32 Å². The first-order valence-corrected chi connectivity index (χ1v) is 7.22. The van der Waals surface area contributed by atoms with Crippen LogP contribution >= 0.6 is 0 Å². The summed E-state index contributed by atoms with van der Waals surface area (Å²) in [6, 6.07) is 2.71. The van der Waals surface area contributed by atoms with Crippen LogP contribution in [0.2, 0.25) is 0 Å². The maximum Gasteiger partial charge on any atom is 0.547 e. The maximum absolute atomic E-state index is 14.0. The lowest BCUT2D eigenvalue weighted by atomic mass is 9.72. The molecule has 0 aromatic heterocycles. The van der Waals surface area contributed by atoms with Gasteiger partial charge in [-0.25, -0.2) is 4.39 Å². The molecule has 1 aromatic rings.